The van der Waals surface area contributed by atoms with E-state index >= 15 is 0 Å². The second kappa shape index (κ2) is 6.46. The maximum atomic E-state index is 13.0. The summed E-state index contributed by atoms with van der Waals surface area (Å²) >= 11 is 0. The van der Waals surface area contributed by atoms with Gasteiger partial charge in [-0.25, -0.2) is 4.79 Å². The average Bonchev–Trinajstić information content (AvgIpc) is 3.11. The van der Waals surface area contributed by atoms with Gasteiger partial charge in [-0.2, -0.15) is 0 Å². The average molecular weight is 386 g/mol. The van der Waals surface area contributed by atoms with Gasteiger partial charge in [0.05, 0.1) is 19.3 Å². The molecule has 152 valence electrons. The summed E-state index contributed by atoms with van der Waals surface area (Å²) in [4.78, 5) is 14.9. The molecule has 2 aliphatic heterocycles. The fraction of sp³-hybridized carbons (Fsp3) is 0.696. The molecule has 4 aliphatic rings. The molecule has 1 amide bonds. The summed E-state index contributed by atoms with van der Waals surface area (Å²) in [6.07, 6.45) is 6.08. The first kappa shape index (κ1) is 18.4. The number of rotatable bonds is 1. The van der Waals surface area contributed by atoms with Crippen molar-refractivity contribution in [2.45, 2.75) is 76.2 Å². The van der Waals surface area contributed by atoms with E-state index in [0.29, 0.717) is 0 Å². The Labute approximate surface area is 167 Å². The molecule has 2 saturated heterocycles. The SMILES string of the molecule is CC1(C)COC2(CCC3(CCN([C@H]4CCc5ccccc54)C(=O)O3)CC2)OC1. The van der Waals surface area contributed by atoms with Crippen LogP contribution in [0.25, 0.3) is 0 Å². The Bertz CT molecular complexity index is 754. The summed E-state index contributed by atoms with van der Waals surface area (Å²) in [5.74, 6) is -0.464. The number of nitrogens with zero attached hydrogens (tertiary/aromatic N) is 1. The number of ether oxygens (including phenoxy) is 3. The van der Waals surface area contributed by atoms with Crippen LogP contribution in [0, 0.1) is 5.41 Å². The van der Waals surface area contributed by atoms with E-state index in [1.807, 2.05) is 4.90 Å². The number of amides is 1. The lowest BCUT2D eigenvalue weighted by atomic mass is 9.77. The van der Waals surface area contributed by atoms with E-state index in [1.54, 1.807) is 0 Å². The number of aryl methyl sites for hydroxylation is 1. The highest BCUT2D eigenvalue weighted by Gasteiger charge is 2.52. The zero-order valence-electron chi connectivity index (χ0n) is 17.0. The molecule has 0 N–H and O–H groups in total. The molecule has 5 rings (SSSR count). The minimum Gasteiger partial charge on any atom is -0.443 e. The Morgan fingerprint density at radius 3 is 2.43 bits per heavy atom. The van der Waals surface area contributed by atoms with Crippen LogP contribution in [0.3, 0.4) is 0 Å². The largest absolute Gasteiger partial charge is 0.443 e. The number of hydrogen-bond acceptors (Lipinski definition) is 4. The molecule has 2 aliphatic carbocycles. The first-order valence-electron chi connectivity index (χ1n) is 10.7. The van der Waals surface area contributed by atoms with Gasteiger partial charge < -0.3 is 19.1 Å². The third kappa shape index (κ3) is 3.13. The Hall–Kier alpha value is -1.59. The predicted octanol–water partition coefficient (Wildman–Crippen LogP) is 4.60. The highest BCUT2D eigenvalue weighted by atomic mass is 16.7. The summed E-state index contributed by atoms with van der Waals surface area (Å²) in [5.41, 5.74) is 2.41. The van der Waals surface area contributed by atoms with Crippen LogP contribution in [0.4, 0.5) is 4.79 Å². The predicted molar refractivity (Wildman–Crippen MR) is 105 cm³/mol. The lowest BCUT2D eigenvalue weighted by Crippen LogP contribution is -2.56. The quantitative estimate of drug-likeness (QED) is 0.709. The van der Waals surface area contributed by atoms with Gasteiger partial charge in [0.15, 0.2) is 5.79 Å². The highest BCUT2D eigenvalue weighted by molar-refractivity contribution is 5.70. The molecule has 0 unspecified atom stereocenters. The Morgan fingerprint density at radius 2 is 1.71 bits per heavy atom. The van der Waals surface area contributed by atoms with Crippen LogP contribution in [0.5, 0.6) is 0 Å². The van der Waals surface area contributed by atoms with Gasteiger partial charge in [-0.3, -0.25) is 0 Å². The minimum atomic E-state index is -0.464. The molecule has 1 aromatic carbocycles. The van der Waals surface area contributed by atoms with E-state index in [1.165, 1.54) is 11.1 Å². The van der Waals surface area contributed by atoms with Crippen LogP contribution in [0.2, 0.25) is 0 Å². The van der Waals surface area contributed by atoms with Crippen LogP contribution in [0.15, 0.2) is 24.3 Å². The van der Waals surface area contributed by atoms with E-state index in [4.69, 9.17) is 14.2 Å². The monoisotopic (exact) mass is 385 g/mol. The fourth-order valence-electron chi connectivity index (χ4n) is 5.32. The zero-order chi connectivity index (χ0) is 19.4. The maximum absolute atomic E-state index is 13.0. The van der Waals surface area contributed by atoms with Gasteiger partial charge >= 0.3 is 6.09 Å². The van der Waals surface area contributed by atoms with Crippen molar-refractivity contribution in [2.75, 3.05) is 19.8 Å². The van der Waals surface area contributed by atoms with Crippen molar-refractivity contribution in [3.8, 4) is 0 Å². The van der Waals surface area contributed by atoms with Gasteiger partial charge in [0.1, 0.15) is 5.60 Å². The minimum absolute atomic E-state index is 0.0791. The molecule has 1 aromatic rings. The molecule has 2 heterocycles. The third-order valence-electron chi connectivity index (χ3n) is 7.20. The number of hydrogen-bond donors (Lipinski definition) is 0. The van der Waals surface area contributed by atoms with Crippen molar-refractivity contribution in [3.63, 3.8) is 0 Å². The van der Waals surface area contributed by atoms with E-state index in [2.05, 4.69) is 38.1 Å². The number of carbonyl (C=O) groups excluding carboxylic acids is 1. The van der Waals surface area contributed by atoms with E-state index in [9.17, 15) is 4.79 Å². The number of benzene rings is 1. The molecule has 0 aromatic heterocycles. The third-order valence-corrected chi connectivity index (χ3v) is 7.20. The van der Waals surface area contributed by atoms with Crippen molar-refractivity contribution in [3.05, 3.63) is 35.4 Å². The molecule has 0 radical (unpaired) electrons. The van der Waals surface area contributed by atoms with Crippen LogP contribution in [-0.4, -0.2) is 42.1 Å². The lowest BCUT2D eigenvalue weighted by Gasteiger charge is -2.51. The van der Waals surface area contributed by atoms with E-state index in [-0.39, 0.29) is 23.2 Å². The molecular weight excluding hydrogens is 354 g/mol. The number of fused-ring (bicyclic) bond motifs is 1. The van der Waals surface area contributed by atoms with Crippen molar-refractivity contribution in [1.82, 2.24) is 4.90 Å². The zero-order valence-corrected chi connectivity index (χ0v) is 17.0. The fourth-order valence-corrected chi connectivity index (χ4v) is 5.32. The van der Waals surface area contributed by atoms with Crippen molar-refractivity contribution < 1.29 is 19.0 Å². The Morgan fingerprint density at radius 1 is 1.00 bits per heavy atom. The van der Waals surface area contributed by atoms with Gasteiger partial charge in [0, 0.05) is 31.2 Å². The molecular formula is C23H31NO4. The van der Waals surface area contributed by atoms with Crippen molar-refractivity contribution in [2.24, 2.45) is 5.41 Å². The van der Waals surface area contributed by atoms with Gasteiger partial charge in [-0.1, -0.05) is 38.1 Å². The Balaban J connectivity index is 1.23. The van der Waals surface area contributed by atoms with Gasteiger partial charge in [0.25, 0.3) is 0 Å². The molecule has 5 nitrogen and oxygen atoms in total. The van der Waals surface area contributed by atoms with Crippen LogP contribution in [0.1, 0.15) is 69.5 Å². The summed E-state index contributed by atoms with van der Waals surface area (Å²) < 4.78 is 18.4. The van der Waals surface area contributed by atoms with E-state index < -0.39 is 5.79 Å². The normalized spacial score (nSPS) is 30.3. The smallest absolute Gasteiger partial charge is 0.410 e. The maximum Gasteiger partial charge on any atom is 0.410 e. The standard InChI is InChI=1S/C23H31NO4/c1-21(2)15-26-23(27-16-21)11-9-22(10-12-23)13-14-24(20(25)28-22)19-8-7-17-5-3-4-6-18(17)19/h3-6,19H,7-16H2,1-2H3/t19-/m0/s1. The first-order valence-corrected chi connectivity index (χ1v) is 10.7. The molecule has 0 bridgehead atoms. The van der Waals surface area contributed by atoms with Gasteiger partial charge in [-0.15, -0.1) is 0 Å². The molecule has 1 saturated carbocycles. The second-order valence-corrected chi connectivity index (χ2v) is 9.90. The second-order valence-electron chi connectivity index (χ2n) is 9.90. The molecule has 5 heteroatoms. The summed E-state index contributed by atoms with van der Waals surface area (Å²) in [6, 6.07) is 8.66. The highest BCUT2D eigenvalue weighted by Crippen LogP contribution is 2.47. The summed E-state index contributed by atoms with van der Waals surface area (Å²) in [6.45, 7) is 6.58. The topological polar surface area (TPSA) is 48.0 Å². The molecule has 2 spiro atoms. The number of carbonyl (C=O) groups is 1. The molecule has 1 atom stereocenters. The van der Waals surface area contributed by atoms with Gasteiger partial charge in [0.2, 0.25) is 0 Å². The Kier molecular flexibility index (Phi) is 4.25. The van der Waals surface area contributed by atoms with Crippen LogP contribution >= 0.6 is 0 Å². The molecule has 28 heavy (non-hydrogen) atoms. The van der Waals surface area contributed by atoms with Crippen molar-refractivity contribution >= 4 is 6.09 Å². The van der Waals surface area contributed by atoms with Gasteiger partial charge in [-0.05, 0) is 36.8 Å². The summed E-state index contributed by atoms with van der Waals surface area (Å²) in [5, 5.41) is 0. The summed E-state index contributed by atoms with van der Waals surface area (Å²) in [7, 11) is 0. The van der Waals surface area contributed by atoms with Crippen LogP contribution in [-0.2, 0) is 20.6 Å². The molecule has 3 fully saturated rings. The first-order chi connectivity index (χ1) is 13.4. The van der Waals surface area contributed by atoms with Crippen LogP contribution < -0.4 is 0 Å². The van der Waals surface area contributed by atoms with Crippen molar-refractivity contribution in [1.29, 1.82) is 0 Å². The lowest BCUT2D eigenvalue weighted by molar-refractivity contribution is -0.320. The van der Waals surface area contributed by atoms with E-state index in [0.717, 1.165) is 64.7 Å².